The maximum Gasteiger partial charge on any atom is 0.138 e. The van der Waals surface area contributed by atoms with Crippen molar-refractivity contribution >= 4 is 17.4 Å². The number of halogens is 1. The minimum atomic E-state index is 0.207. The lowest BCUT2D eigenvalue weighted by atomic mass is 10.1. The van der Waals surface area contributed by atoms with Crippen molar-refractivity contribution in [3.05, 3.63) is 35.4 Å². The van der Waals surface area contributed by atoms with Crippen molar-refractivity contribution in [1.29, 1.82) is 0 Å². The van der Waals surface area contributed by atoms with E-state index >= 15 is 0 Å². The highest BCUT2D eigenvalue weighted by atomic mass is 35.5. The van der Waals surface area contributed by atoms with Crippen molar-refractivity contribution in [3.63, 3.8) is 0 Å². The first-order valence-corrected chi connectivity index (χ1v) is 4.89. The zero-order valence-electron chi connectivity index (χ0n) is 7.72. The second-order valence-electron chi connectivity index (χ2n) is 3.14. The number of Topliss-reactive ketones (excluding diaryl/α,β-unsaturated/α-hetero) is 1. The van der Waals surface area contributed by atoms with Gasteiger partial charge in [0.1, 0.15) is 5.78 Å². The van der Waals surface area contributed by atoms with Gasteiger partial charge in [-0.3, -0.25) is 4.79 Å². The fourth-order valence-corrected chi connectivity index (χ4v) is 1.34. The molecule has 0 radical (unpaired) electrons. The maximum absolute atomic E-state index is 11.2. The van der Waals surface area contributed by atoms with Crippen molar-refractivity contribution in [3.8, 4) is 0 Å². The summed E-state index contributed by atoms with van der Waals surface area (Å²) in [6, 6.07) is 8.01. The van der Waals surface area contributed by atoms with Crippen LogP contribution in [0.15, 0.2) is 24.3 Å². The molecule has 0 unspecified atom stereocenters. The second-order valence-corrected chi connectivity index (χ2v) is 3.52. The molecule has 1 aromatic rings. The quantitative estimate of drug-likeness (QED) is 0.677. The maximum atomic E-state index is 11.2. The first-order chi connectivity index (χ1) is 6.22. The third kappa shape index (κ3) is 3.60. The van der Waals surface area contributed by atoms with E-state index in [1.807, 2.05) is 31.2 Å². The molecule has 0 amide bonds. The predicted molar refractivity (Wildman–Crippen MR) is 55.2 cm³/mol. The highest BCUT2D eigenvalue weighted by Gasteiger charge is 2.01. The number of benzene rings is 1. The normalized spacial score (nSPS) is 10.0. The van der Waals surface area contributed by atoms with Crippen LogP contribution in [0.5, 0.6) is 0 Å². The van der Waals surface area contributed by atoms with Crippen LogP contribution in [0.3, 0.4) is 0 Å². The van der Waals surface area contributed by atoms with E-state index in [1.54, 1.807) is 0 Å². The Morgan fingerprint density at radius 2 is 1.92 bits per heavy atom. The molecule has 0 aromatic heterocycles. The minimum absolute atomic E-state index is 0.207. The van der Waals surface area contributed by atoms with Gasteiger partial charge in [0.2, 0.25) is 0 Å². The molecule has 0 saturated heterocycles. The zero-order chi connectivity index (χ0) is 9.68. The number of alkyl halides is 1. The van der Waals surface area contributed by atoms with E-state index in [0.29, 0.717) is 18.7 Å². The summed E-state index contributed by atoms with van der Waals surface area (Å²) in [4.78, 5) is 11.2. The van der Waals surface area contributed by atoms with Crippen molar-refractivity contribution in [2.45, 2.75) is 19.8 Å². The van der Waals surface area contributed by atoms with E-state index in [2.05, 4.69) is 0 Å². The van der Waals surface area contributed by atoms with Crippen LogP contribution < -0.4 is 0 Å². The Labute approximate surface area is 83.7 Å². The Balaban J connectivity index is 2.54. The van der Waals surface area contributed by atoms with E-state index in [9.17, 15) is 4.79 Å². The van der Waals surface area contributed by atoms with Gasteiger partial charge < -0.3 is 0 Å². The molecule has 1 nitrogen and oxygen atoms in total. The van der Waals surface area contributed by atoms with Gasteiger partial charge in [0.25, 0.3) is 0 Å². The SMILES string of the molecule is Cc1ccc(CC(=O)CCCl)cc1. The van der Waals surface area contributed by atoms with Gasteiger partial charge in [-0.25, -0.2) is 0 Å². The average molecular weight is 197 g/mol. The summed E-state index contributed by atoms with van der Waals surface area (Å²) < 4.78 is 0. The smallest absolute Gasteiger partial charge is 0.138 e. The van der Waals surface area contributed by atoms with Crippen LogP contribution in [0.1, 0.15) is 17.5 Å². The van der Waals surface area contributed by atoms with Crippen LogP contribution in [0.2, 0.25) is 0 Å². The molecule has 1 rings (SSSR count). The number of ketones is 1. The summed E-state index contributed by atoms with van der Waals surface area (Å²) >= 11 is 5.47. The van der Waals surface area contributed by atoms with Crippen LogP contribution in [-0.2, 0) is 11.2 Å². The van der Waals surface area contributed by atoms with Crippen LogP contribution in [-0.4, -0.2) is 11.7 Å². The number of carbonyl (C=O) groups is 1. The molecule has 1 aromatic carbocycles. The van der Waals surface area contributed by atoms with Crippen LogP contribution in [0, 0.1) is 6.92 Å². The Kier molecular flexibility index (Phi) is 3.97. The molecule has 0 bridgehead atoms. The third-order valence-electron chi connectivity index (χ3n) is 1.90. The minimum Gasteiger partial charge on any atom is -0.299 e. The summed E-state index contributed by atoms with van der Waals surface area (Å²) in [5, 5.41) is 0. The van der Waals surface area contributed by atoms with Gasteiger partial charge in [0.15, 0.2) is 0 Å². The van der Waals surface area contributed by atoms with Gasteiger partial charge in [0.05, 0.1) is 0 Å². The highest BCUT2D eigenvalue weighted by Crippen LogP contribution is 2.05. The van der Waals surface area contributed by atoms with Crippen LogP contribution in [0.4, 0.5) is 0 Å². The number of hydrogen-bond acceptors (Lipinski definition) is 1. The van der Waals surface area contributed by atoms with Gasteiger partial charge in [-0.05, 0) is 12.5 Å². The first-order valence-electron chi connectivity index (χ1n) is 4.35. The zero-order valence-corrected chi connectivity index (χ0v) is 8.47. The molecule has 0 aliphatic heterocycles. The van der Waals surface area contributed by atoms with Gasteiger partial charge in [-0.2, -0.15) is 0 Å². The molecule has 0 heterocycles. The lowest BCUT2D eigenvalue weighted by Crippen LogP contribution is -2.02. The van der Waals surface area contributed by atoms with Crippen molar-refractivity contribution in [1.82, 2.24) is 0 Å². The number of rotatable bonds is 4. The molecule has 0 saturated carbocycles. The molecule has 0 aliphatic rings. The van der Waals surface area contributed by atoms with E-state index in [1.165, 1.54) is 5.56 Å². The standard InChI is InChI=1S/C11H13ClO/c1-9-2-4-10(5-3-9)8-11(13)6-7-12/h2-5H,6-8H2,1H3. The molecular formula is C11H13ClO. The Morgan fingerprint density at radius 1 is 1.31 bits per heavy atom. The van der Waals surface area contributed by atoms with Gasteiger partial charge in [-0.15, -0.1) is 11.6 Å². The van der Waals surface area contributed by atoms with Gasteiger partial charge in [0, 0.05) is 18.7 Å². The topological polar surface area (TPSA) is 17.1 Å². The average Bonchev–Trinajstić information content (AvgIpc) is 2.09. The second kappa shape index (κ2) is 5.03. The van der Waals surface area contributed by atoms with E-state index in [-0.39, 0.29) is 5.78 Å². The summed E-state index contributed by atoms with van der Waals surface area (Å²) in [5.74, 6) is 0.629. The molecule has 0 atom stereocenters. The Bertz CT molecular complexity index is 277. The van der Waals surface area contributed by atoms with Crippen molar-refractivity contribution in [2.75, 3.05) is 5.88 Å². The van der Waals surface area contributed by atoms with Crippen LogP contribution in [0.25, 0.3) is 0 Å². The van der Waals surface area contributed by atoms with Gasteiger partial charge in [-0.1, -0.05) is 29.8 Å². The third-order valence-corrected chi connectivity index (χ3v) is 2.08. The summed E-state index contributed by atoms with van der Waals surface area (Å²) in [7, 11) is 0. The lowest BCUT2D eigenvalue weighted by Gasteiger charge is -1.99. The van der Waals surface area contributed by atoms with Gasteiger partial charge >= 0.3 is 0 Å². The molecule has 70 valence electrons. The number of carbonyl (C=O) groups excluding carboxylic acids is 1. The highest BCUT2D eigenvalue weighted by molar-refractivity contribution is 6.19. The molecule has 0 spiro atoms. The summed E-state index contributed by atoms with van der Waals surface area (Å²) in [6.07, 6.45) is 0.975. The predicted octanol–water partition coefficient (Wildman–Crippen LogP) is 2.74. The summed E-state index contributed by atoms with van der Waals surface area (Å²) in [6.45, 7) is 2.03. The Hall–Kier alpha value is -0.820. The number of hydrogen-bond donors (Lipinski definition) is 0. The molecule has 0 fully saturated rings. The first kappa shape index (κ1) is 10.3. The van der Waals surface area contributed by atoms with Crippen molar-refractivity contribution in [2.24, 2.45) is 0 Å². The number of aryl methyl sites for hydroxylation is 1. The largest absolute Gasteiger partial charge is 0.299 e. The molecule has 0 aliphatic carbocycles. The fraction of sp³-hybridized carbons (Fsp3) is 0.364. The lowest BCUT2D eigenvalue weighted by molar-refractivity contribution is -0.118. The van der Waals surface area contributed by atoms with Crippen LogP contribution >= 0.6 is 11.6 Å². The Morgan fingerprint density at radius 3 is 2.46 bits per heavy atom. The van der Waals surface area contributed by atoms with Crippen molar-refractivity contribution < 1.29 is 4.79 Å². The molecule has 13 heavy (non-hydrogen) atoms. The summed E-state index contributed by atoms with van der Waals surface area (Å²) in [5.41, 5.74) is 2.29. The molecule has 0 N–H and O–H groups in total. The fourth-order valence-electron chi connectivity index (χ4n) is 1.13. The van der Waals surface area contributed by atoms with E-state index in [4.69, 9.17) is 11.6 Å². The molecular weight excluding hydrogens is 184 g/mol. The van der Waals surface area contributed by atoms with E-state index < -0.39 is 0 Å². The monoisotopic (exact) mass is 196 g/mol. The molecule has 2 heteroatoms. The van der Waals surface area contributed by atoms with E-state index in [0.717, 1.165) is 5.56 Å².